The molecule has 0 fully saturated rings. The third kappa shape index (κ3) is 5.03. The Balaban J connectivity index is 1.67. The van der Waals surface area contributed by atoms with Crippen LogP contribution in [-0.2, 0) is 9.53 Å². The molecule has 2 aromatic carbocycles. The lowest BCUT2D eigenvalue weighted by Gasteiger charge is -2.18. The van der Waals surface area contributed by atoms with E-state index in [2.05, 4.69) is 15.4 Å². The summed E-state index contributed by atoms with van der Waals surface area (Å²) < 4.78 is 17.9. The number of carbonyl (C=O) groups excluding carboxylic acids is 2. The van der Waals surface area contributed by atoms with Crippen molar-refractivity contribution < 1.29 is 18.7 Å². The number of hydrogen-bond acceptors (Lipinski definition) is 5. The molecule has 1 atom stereocenters. The Morgan fingerprint density at radius 3 is 2.57 bits per heavy atom. The van der Waals surface area contributed by atoms with Gasteiger partial charge in [0.1, 0.15) is 5.82 Å². The minimum absolute atomic E-state index is 0.0440. The number of thiophene rings is 1. The topological polar surface area (TPSA) is 67.4 Å². The van der Waals surface area contributed by atoms with E-state index in [0.717, 1.165) is 10.4 Å². The van der Waals surface area contributed by atoms with Crippen molar-refractivity contribution in [2.75, 3.05) is 19.0 Å². The summed E-state index contributed by atoms with van der Waals surface area (Å²) in [6, 6.07) is 16.4. The van der Waals surface area contributed by atoms with E-state index >= 15 is 0 Å². The SMILES string of the molecule is COC(=O)c1cccc(NC(=O)CN[C@@H](c2ccc(F)cc2)c2cccs2)c1. The molecular weight excluding hydrogens is 379 g/mol. The quantitative estimate of drug-likeness (QED) is 0.591. The van der Waals surface area contributed by atoms with Gasteiger partial charge in [0.25, 0.3) is 0 Å². The van der Waals surface area contributed by atoms with Crippen molar-refractivity contribution in [1.82, 2.24) is 5.32 Å². The first-order valence-electron chi connectivity index (χ1n) is 8.57. The molecule has 0 saturated carbocycles. The number of benzene rings is 2. The van der Waals surface area contributed by atoms with Gasteiger partial charge in [-0.15, -0.1) is 11.3 Å². The van der Waals surface area contributed by atoms with Crippen LogP contribution in [-0.4, -0.2) is 25.5 Å². The zero-order chi connectivity index (χ0) is 19.9. The van der Waals surface area contributed by atoms with Crippen molar-refractivity contribution in [2.45, 2.75) is 6.04 Å². The van der Waals surface area contributed by atoms with Crippen LogP contribution in [0.15, 0.2) is 66.0 Å². The van der Waals surface area contributed by atoms with E-state index < -0.39 is 5.97 Å². The third-order valence-electron chi connectivity index (χ3n) is 4.07. The normalized spacial score (nSPS) is 11.6. The number of methoxy groups -OCH3 is 1. The van der Waals surface area contributed by atoms with Gasteiger partial charge in [0.15, 0.2) is 0 Å². The highest BCUT2D eigenvalue weighted by Crippen LogP contribution is 2.26. The van der Waals surface area contributed by atoms with Crippen LogP contribution in [0.2, 0.25) is 0 Å². The molecule has 3 rings (SSSR count). The minimum Gasteiger partial charge on any atom is -0.465 e. The van der Waals surface area contributed by atoms with Gasteiger partial charge < -0.3 is 10.1 Å². The van der Waals surface area contributed by atoms with Crippen LogP contribution < -0.4 is 10.6 Å². The van der Waals surface area contributed by atoms with Gasteiger partial charge in [0, 0.05) is 10.6 Å². The monoisotopic (exact) mass is 398 g/mol. The van der Waals surface area contributed by atoms with Gasteiger partial charge in [0.05, 0.1) is 25.3 Å². The summed E-state index contributed by atoms with van der Waals surface area (Å²) in [4.78, 5) is 25.0. The number of rotatable bonds is 7. The van der Waals surface area contributed by atoms with Crippen LogP contribution in [0.4, 0.5) is 10.1 Å². The van der Waals surface area contributed by atoms with E-state index in [9.17, 15) is 14.0 Å². The predicted molar refractivity (Wildman–Crippen MR) is 107 cm³/mol. The summed E-state index contributed by atoms with van der Waals surface area (Å²) in [5.41, 5.74) is 1.73. The van der Waals surface area contributed by atoms with Crippen LogP contribution in [0.3, 0.4) is 0 Å². The molecule has 5 nitrogen and oxygen atoms in total. The molecule has 0 radical (unpaired) electrons. The molecule has 0 aliphatic heterocycles. The van der Waals surface area contributed by atoms with Gasteiger partial charge in [-0.3, -0.25) is 10.1 Å². The number of halogens is 1. The van der Waals surface area contributed by atoms with Gasteiger partial charge in [-0.1, -0.05) is 24.3 Å². The number of nitrogens with one attached hydrogen (secondary N) is 2. The summed E-state index contributed by atoms with van der Waals surface area (Å²) in [6.07, 6.45) is 0. The second-order valence-electron chi connectivity index (χ2n) is 6.00. The number of ether oxygens (including phenoxy) is 1. The molecule has 0 bridgehead atoms. The number of carbonyl (C=O) groups is 2. The fraction of sp³-hybridized carbons (Fsp3) is 0.143. The molecule has 7 heteroatoms. The van der Waals surface area contributed by atoms with Gasteiger partial charge in [0.2, 0.25) is 5.91 Å². The highest BCUT2D eigenvalue weighted by atomic mass is 32.1. The second-order valence-corrected chi connectivity index (χ2v) is 6.98. The van der Waals surface area contributed by atoms with Gasteiger partial charge in [-0.2, -0.15) is 0 Å². The van der Waals surface area contributed by atoms with Crippen LogP contribution in [0.25, 0.3) is 0 Å². The lowest BCUT2D eigenvalue weighted by atomic mass is 10.1. The van der Waals surface area contributed by atoms with Gasteiger partial charge in [-0.05, 0) is 47.3 Å². The van der Waals surface area contributed by atoms with Crippen LogP contribution >= 0.6 is 11.3 Å². The first kappa shape index (κ1) is 19.7. The first-order chi connectivity index (χ1) is 13.6. The molecule has 0 aliphatic carbocycles. The molecule has 28 heavy (non-hydrogen) atoms. The third-order valence-corrected chi connectivity index (χ3v) is 5.00. The second kappa shape index (κ2) is 9.25. The molecule has 144 valence electrons. The maximum atomic E-state index is 13.2. The predicted octanol–water partition coefficient (Wildman–Crippen LogP) is 3.99. The van der Waals surface area contributed by atoms with Crippen molar-refractivity contribution in [3.05, 3.63) is 87.9 Å². The molecule has 0 spiro atoms. The summed E-state index contributed by atoms with van der Waals surface area (Å²) in [6.45, 7) is 0.0440. The lowest BCUT2D eigenvalue weighted by molar-refractivity contribution is -0.115. The van der Waals surface area contributed by atoms with E-state index in [-0.39, 0.29) is 24.3 Å². The smallest absolute Gasteiger partial charge is 0.337 e. The Labute approximate surface area is 166 Å². The number of hydrogen-bond donors (Lipinski definition) is 2. The molecule has 1 heterocycles. The van der Waals surface area contributed by atoms with Crippen molar-refractivity contribution in [2.24, 2.45) is 0 Å². The number of esters is 1. The van der Waals surface area contributed by atoms with Crippen LogP contribution in [0, 0.1) is 5.82 Å². The van der Waals surface area contributed by atoms with E-state index in [0.29, 0.717) is 11.3 Å². The highest BCUT2D eigenvalue weighted by Gasteiger charge is 2.16. The molecule has 0 unspecified atom stereocenters. The van der Waals surface area contributed by atoms with Crippen molar-refractivity contribution in [1.29, 1.82) is 0 Å². The number of anilines is 1. The van der Waals surface area contributed by atoms with Gasteiger partial charge in [-0.25, -0.2) is 9.18 Å². The lowest BCUT2D eigenvalue weighted by Crippen LogP contribution is -2.31. The maximum Gasteiger partial charge on any atom is 0.337 e. The largest absolute Gasteiger partial charge is 0.465 e. The van der Waals surface area contributed by atoms with Crippen molar-refractivity contribution >= 4 is 28.9 Å². The Morgan fingerprint density at radius 1 is 1.11 bits per heavy atom. The molecule has 1 amide bonds. The summed E-state index contributed by atoms with van der Waals surface area (Å²) >= 11 is 1.55. The molecule has 1 aromatic heterocycles. The zero-order valence-electron chi connectivity index (χ0n) is 15.1. The van der Waals surface area contributed by atoms with Gasteiger partial charge >= 0.3 is 5.97 Å². The average Bonchev–Trinajstić information content (AvgIpc) is 3.23. The Morgan fingerprint density at radius 2 is 1.89 bits per heavy atom. The minimum atomic E-state index is -0.469. The van der Waals surface area contributed by atoms with Crippen LogP contribution in [0.1, 0.15) is 26.8 Å². The van der Waals surface area contributed by atoms with Crippen molar-refractivity contribution in [3.63, 3.8) is 0 Å². The molecule has 3 aromatic rings. The summed E-state index contributed by atoms with van der Waals surface area (Å²) in [5, 5.41) is 7.92. The average molecular weight is 398 g/mol. The molecule has 0 aliphatic rings. The van der Waals surface area contributed by atoms with E-state index in [1.165, 1.54) is 19.2 Å². The number of amides is 1. The standard InChI is InChI=1S/C21H19FN2O3S/c1-27-21(26)15-4-2-5-17(12-15)24-19(25)13-23-20(18-6-3-11-28-18)14-7-9-16(22)10-8-14/h2-12,20,23H,13H2,1H3,(H,24,25)/t20-/m0/s1. The fourth-order valence-corrected chi connectivity index (χ4v) is 3.56. The van der Waals surface area contributed by atoms with E-state index in [1.54, 1.807) is 47.7 Å². The summed E-state index contributed by atoms with van der Waals surface area (Å²) in [5.74, 6) is -1.04. The Hall–Kier alpha value is -3.03. The molecule has 2 N–H and O–H groups in total. The maximum absolute atomic E-state index is 13.2. The Kier molecular flexibility index (Phi) is 6.52. The highest BCUT2D eigenvalue weighted by molar-refractivity contribution is 7.10. The van der Waals surface area contributed by atoms with Crippen LogP contribution in [0.5, 0.6) is 0 Å². The van der Waals surface area contributed by atoms with E-state index in [1.807, 2.05) is 17.5 Å². The fourth-order valence-electron chi connectivity index (χ4n) is 2.74. The summed E-state index contributed by atoms with van der Waals surface area (Å²) in [7, 11) is 1.30. The van der Waals surface area contributed by atoms with E-state index in [4.69, 9.17) is 0 Å². The van der Waals surface area contributed by atoms with Crippen molar-refractivity contribution in [3.8, 4) is 0 Å². The molecule has 0 saturated heterocycles. The first-order valence-corrected chi connectivity index (χ1v) is 9.45. The zero-order valence-corrected chi connectivity index (χ0v) is 16.0. The Bertz CT molecular complexity index is 943. The molecular formula is C21H19FN2O3S.